The third-order valence-corrected chi connectivity index (χ3v) is 3.99. The lowest BCUT2D eigenvalue weighted by molar-refractivity contribution is -0.127. The van der Waals surface area contributed by atoms with Crippen LogP contribution in [-0.2, 0) is 11.3 Å². The van der Waals surface area contributed by atoms with Gasteiger partial charge in [-0.05, 0) is 25.1 Å². The van der Waals surface area contributed by atoms with Crippen LogP contribution in [0.4, 0.5) is 0 Å². The van der Waals surface area contributed by atoms with Gasteiger partial charge in [0.05, 0.1) is 0 Å². The van der Waals surface area contributed by atoms with Crippen LogP contribution in [0.1, 0.15) is 31.7 Å². The summed E-state index contributed by atoms with van der Waals surface area (Å²) in [6.07, 6.45) is 6.50. The molecule has 110 valence electrons. The van der Waals surface area contributed by atoms with Crippen molar-refractivity contribution in [3.8, 4) is 0 Å². The molecule has 1 amide bonds. The molecule has 2 heterocycles. The number of carbonyl (C=O) groups excluding carboxylic acids is 1. The standard InChI is InChI=1S/C14H22N4OS/c1-2-20-14-16-10-12(11-17-14)9-15-6-4-8-18-7-3-5-13(18)19/h10-11,15H,2-9H2,1H3. The molecule has 1 aromatic rings. The van der Waals surface area contributed by atoms with E-state index in [4.69, 9.17) is 0 Å². The molecular formula is C14H22N4OS. The van der Waals surface area contributed by atoms with E-state index >= 15 is 0 Å². The zero-order valence-corrected chi connectivity index (χ0v) is 12.8. The number of hydrogen-bond acceptors (Lipinski definition) is 5. The number of carbonyl (C=O) groups is 1. The van der Waals surface area contributed by atoms with Gasteiger partial charge in [-0.15, -0.1) is 0 Å². The first kappa shape index (κ1) is 15.3. The Bertz CT molecular complexity index is 424. The Morgan fingerprint density at radius 1 is 1.40 bits per heavy atom. The molecule has 0 atom stereocenters. The minimum Gasteiger partial charge on any atom is -0.343 e. The van der Waals surface area contributed by atoms with Gasteiger partial charge in [-0.25, -0.2) is 9.97 Å². The largest absolute Gasteiger partial charge is 0.343 e. The van der Waals surface area contributed by atoms with E-state index in [1.165, 1.54) is 0 Å². The Labute approximate surface area is 124 Å². The average Bonchev–Trinajstić information content (AvgIpc) is 2.86. The van der Waals surface area contributed by atoms with Gasteiger partial charge in [-0.3, -0.25) is 4.79 Å². The van der Waals surface area contributed by atoms with Crippen molar-refractivity contribution in [2.45, 2.75) is 37.9 Å². The van der Waals surface area contributed by atoms with Crippen LogP contribution >= 0.6 is 11.8 Å². The highest BCUT2D eigenvalue weighted by atomic mass is 32.2. The lowest BCUT2D eigenvalue weighted by atomic mass is 10.3. The van der Waals surface area contributed by atoms with E-state index in [0.717, 1.165) is 61.9 Å². The van der Waals surface area contributed by atoms with Crippen LogP contribution < -0.4 is 5.32 Å². The van der Waals surface area contributed by atoms with Gasteiger partial charge < -0.3 is 10.2 Å². The fourth-order valence-electron chi connectivity index (χ4n) is 2.21. The third kappa shape index (κ3) is 4.76. The molecule has 0 unspecified atom stereocenters. The van der Waals surface area contributed by atoms with Gasteiger partial charge >= 0.3 is 0 Å². The van der Waals surface area contributed by atoms with Gasteiger partial charge in [0, 0.05) is 44.0 Å². The number of nitrogens with one attached hydrogen (secondary N) is 1. The summed E-state index contributed by atoms with van der Waals surface area (Å²) in [5.74, 6) is 1.30. The predicted molar refractivity (Wildman–Crippen MR) is 80.6 cm³/mol. The first-order chi connectivity index (χ1) is 9.79. The van der Waals surface area contributed by atoms with Crippen molar-refractivity contribution in [3.05, 3.63) is 18.0 Å². The van der Waals surface area contributed by atoms with E-state index in [2.05, 4.69) is 22.2 Å². The monoisotopic (exact) mass is 294 g/mol. The molecule has 1 fully saturated rings. The van der Waals surface area contributed by atoms with Gasteiger partial charge in [0.15, 0.2) is 5.16 Å². The molecule has 5 nitrogen and oxygen atoms in total. The van der Waals surface area contributed by atoms with Crippen molar-refractivity contribution in [3.63, 3.8) is 0 Å². The van der Waals surface area contributed by atoms with Gasteiger partial charge in [0.25, 0.3) is 0 Å². The van der Waals surface area contributed by atoms with Gasteiger partial charge in [0.1, 0.15) is 0 Å². The average molecular weight is 294 g/mol. The Morgan fingerprint density at radius 3 is 2.85 bits per heavy atom. The molecule has 0 aliphatic carbocycles. The molecule has 1 aliphatic heterocycles. The van der Waals surface area contributed by atoms with E-state index in [1.807, 2.05) is 17.3 Å². The number of rotatable bonds is 8. The van der Waals surface area contributed by atoms with Crippen LogP contribution in [0.3, 0.4) is 0 Å². The quantitative estimate of drug-likeness (QED) is 0.449. The highest BCUT2D eigenvalue weighted by molar-refractivity contribution is 7.99. The predicted octanol–water partition coefficient (Wildman–Crippen LogP) is 1.69. The van der Waals surface area contributed by atoms with Gasteiger partial charge in [0.2, 0.25) is 5.91 Å². The molecule has 1 aliphatic rings. The van der Waals surface area contributed by atoms with Crippen LogP contribution in [0.15, 0.2) is 17.6 Å². The van der Waals surface area contributed by atoms with Crippen LogP contribution in [0.5, 0.6) is 0 Å². The summed E-state index contributed by atoms with van der Waals surface area (Å²) in [6, 6.07) is 0. The minimum absolute atomic E-state index is 0.308. The van der Waals surface area contributed by atoms with E-state index < -0.39 is 0 Å². The maximum absolute atomic E-state index is 11.4. The number of thioether (sulfide) groups is 1. The Morgan fingerprint density at radius 2 is 2.20 bits per heavy atom. The molecule has 1 aromatic heterocycles. The number of hydrogen-bond donors (Lipinski definition) is 1. The Balaban J connectivity index is 1.59. The normalized spacial score (nSPS) is 15.1. The molecule has 0 spiro atoms. The van der Waals surface area contributed by atoms with Crippen LogP contribution in [0, 0.1) is 0 Å². The molecule has 0 bridgehead atoms. The van der Waals surface area contributed by atoms with Gasteiger partial charge in [-0.2, -0.15) is 0 Å². The van der Waals surface area contributed by atoms with Crippen molar-refractivity contribution in [2.75, 3.05) is 25.4 Å². The second-order valence-corrected chi connectivity index (χ2v) is 6.05. The third-order valence-electron chi connectivity index (χ3n) is 3.24. The first-order valence-corrected chi connectivity index (χ1v) is 8.20. The highest BCUT2D eigenvalue weighted by Crippen LogP contribution is 2.11. The summed E-state index contributed by atoms with van der Waals surface area (Å²) in [5, 5.41) is 4.20. The van der Waals surface area contributed by atoms with Gasteiger partial charge in [-0.1, -0.05) is 18.7 Å². The van der Waals surface area contributed by atoms with Crippen molar-refractivity contribution in [1.82, 2.24) is 20.2 Å². The highest BCUT2D eigenvalue weighted by Gasteiger charge is 2.18. The van der Waals surface area contributed by atoms with E-state index in [0.29, 0.717) is 5.91 Å². The molecular weight excluding hydrogens is 272 g/mol. The topological polar surface area (TPSA) is 58.1 Å². The summed E-state index contributed by atoms with van der Waals surface area (Å²) in [4.78, 5) is 22.0. The second-order valence-electron chi connectivity index (χ2n) is 4.82. The van der Waals surface area contributed by atoms with Crippen molar-refractivity contribution < 1.29 is 4.79 Å². The number of amides is 1. The Kier molecular flexibility index (Phi) is 6.26. The molecule has 6 heteroatoms. The molecule has 1 saturated heterocycles. The van der Waals surface area contributed by atoms with E-state index in [9.17, 15) is 4.79 Å². The van der Waals surface area contributed by atoms with Crippen molar-refractivity contribution >= 4 is 17.7 Å². The molecule has 20 heavy (non-hydrogen) atoms. The lowest BCUT2D eigenvalue weighted by Crippen LogP contribution is -2.28. The summed E-state index contributed by atoms with van der Waals surface area (Å²) in [6.45, 7) is 5.59. The van der Waals surface area contributed by atoms with Crippen molar-refractivity contribution in [2.24, 2.45) is 0 Å². The summed E-state index contributed by atoms with van der Waals surface area (Å²) in [5.41, 5.74) is 1.10. The summed E-state index contributed by atoms with van der Waals surface area (Å²) in [7, 11) is 0. The fraction of sp³-hybridized carbons (Fsp3) is 0.643. The smallest absolute Gasteiger partial charge is 0.222 e. The maximum Gasteiger partial charge on any atom is 0.222 e. The molecule has 2 rings (SSSR count). The molecule has 1 N–H and O–H groups in total. The molecule has 0 aromatic carbocycles. The SMILES string of the molecule is CCSc1ncc(CNCCCN2CCCC2=O)cn1. The van der Waals surface area contributed by atoms with E-state index in [-0.39, 0.29) is 0 Å². The number of likely N-dealkylation sites (tertiary alicyclic amines) is 1. The van der Waals surface area contributed by atoms with Crippen LogP contribution in [0.25, 0.3) is 0 Å². The van der Waals surface area contributed by atoms with E-state index in [1.54, 1.807) is 11.8 Å². The van der Waals surface area contributed by atoms with Crippen molar-refractivity contribution in [1.29, 1.82) is 0 Å². The Hall–Kier alpha value is -1.14. The summed E-state index contributed by atoms with van der Waals surface area (Å²) >= 11 is 1.65. The second kappa shape index (κ2) is 8.21. The number of aromatic nitrogens is 2. The first-order valence-electron chi connectivity index (χ1n) is 7.22. The number of nitrogens with zero attached hydrogens (tertiary/aromatic N) is 3. The van der Waals surface area contributed by atoms with Crippen LogP contribution in [0.2, 0.25) is 0 Å². The maximum atomic E-state index is 11.4. The molecule has 0 radical (unpaired) electrons. The van der Waals surface area contributed by atoms with Crippen LogP contribution in [-0.4, -0.2) is 46.2 Å². The zero-order valence-electron chi connectivity index (χ0n) is 12.0. The minimum atomic E-state index is 0.308. The zero-order chi connectivity index (χ0) is 14.2. The molecule has 0 saturated carbocycles. The lowest BCUT2D eigenvalue weighted by Gasteiger charge is -2.15. The summed E-state index contributed by atoms with van der Waals surface area (Å²) < 4.78 is 0. The fourth-order valence-corrected chi connectivity index (χ4v) is 2.72.